The molecule has 1 aromatic carbocycles. The fraction of sp³-hybridized carbons (Fsp3) is 0.450. The third-order valence-electron chi connectivity index (χ3n) is 6.10. The van der Waals surface area contributed by atoms with Crippen LogP contribution in [0.2, 0.25) is 5.02 Å². The van der Waals surface area contributed by atoms with Gasteiger partial charge in [-0.2, -0.15) is 5.10 Å². The van der Waals surface area contributed by atoms with E-state index in [-0.39, 0.29) is 35.9 Å². The summed E-state index contributed by atoms with van der Waals surface area (Å²) < 4.78 is 7.66. The number of aromatic nitrogens is 2. The van der Waals surface area contributed by atoms with E-state index in [9.17, 15) is 9.59 Å². The molecule has 3 saturated heterocycles. The lowest BCUT2D eigenvalue weighted by Crippen LogP contribution is -2.35. The third-order valence-corrected chi connectivity index (χ3v) is 6.35. The molecule has 0 radical (unpaired) electrons. The van der Waals surface area contributed by atoms with Crippen LogP contribution in [0.4, 0.5) is 5.69 Å². The van der Waals surface area contributed by atoms with E-state index in [2.05, 4.69) is 5.10 Å². The van der Waals surface area contributed by atoms with Gasteiger partial charge in [0.25, 0.3) is 0 Å². The Morgan fingerprint density at radius 1 is 1.07 bits per heavy atom. The number of benzene rings is 1. The summed E-state index contributed by atoms with van der Waals surface area (Å²) in [6.45, 7) is 4.31. The second kappa shape index (κ2) is 5.91. The van der Waals surface area contributed by atoms with Crippen molar-refractivity contribution in [3.8, 4) is 0 Å². The summed E-state index contributed by atoms with van der Waals surface area (Å²) in [7, 11) is 0. The molecule has 0 saturated carbocycles. The van der Waals surface area contributed by atoms with Crippen molar-refractivity contribution >= 4 is 29.1 Å². The summed E-state index contributed by atoms with van der Waals surface area (Å²) in [5, 5.41) is 5.28. The number of aryl methyl sites for hydroxylation is 1. The van der Waals surface area contributed by atoms with Crippen molar-refractivity contribution in [1.82, 2.24) is 9.78 Å². The Balaban J connectivity index is 1.49. The van der Waals surface area contributed by atoms with E-state index in [1.165, 1.54) is 4.90 Å². The number of carbonyl (C=O) groups excluding carboxylic acids is 2. The average molecular weight is 386 g/mol. The van der Waals surface area contributed by atoms with Gasteiger partial charge in [-0.25, -0.2) is 4.90 Å². The number of carbonyl (C=O) groups is 2. The van der Waals surface area contributed by atoms with E-state index < -0.39 is 0 Å². The topological polar surface area (TPSA) is 64.4 Å². The van der Waals surface area contributed by atoms with Crippen LogP contribution in [0, 0.1) is 25.7 Å². The summed E-state index contributed by atoms with van der Waals surface area (Å²) in [4.78, 5) is 27.5. The van der Waals surface area contributed by atoms with Gasteiger partial charge in [0.1, 0.15) is 0 Å². The van der Waals surface area contributed by atoms with E-state index in [4.69, 9.17) is 16.3 Å². The molecule has 6 nitrogen and oxygen atoms in total. The number of imide groups is 1. The minimum absolute atomic E-state index is 0.105. The van der Waals surface area contributed by atoms with Crippen molar-refractivity contribution in [2.45, 2.75) is 45.4 Å². The predicted molar refractivity (Wildman–Crippen MR) is 99.6 cm³/mol. The molecule has 0 N–H and O–H groups in total. The highest BCUT2D eigenvalue weighted by molar-refractivity contribution is 6.30. The molecule has 140 valence electrons. The molecule has 2 aromatic rings. The van der Waals surface area contributed by atoms with Crippen LogP contribution in [0.15, 0.2) is 24.3 Å². The van der Waals surface area contributed by atoms with E-state index >= 15 is 0 Å². The minimum atomic E-state index is -0.324. The minimum Gasteiger partial charge on any atom is -0.373 e. The van der Waals surface area contributed by atoms with Crippen molar-refractivity contribution < 1.29 is 14.3 Å². The molecule has 3 fully saturated rings. The number of amides is 2. The van der Waals surface area contributed by atoms with Crippen molar-refractivity contribution in [2.75, 3.05) is 4.90 Å². The number of anilines is 1. The SMILES string of the molecule is Cc1nn(Cc2ccc(Cl)cc2)c(C)c1N1C(=O)[C@@H]2[C@@H](C1=O)[C@H]1CC[C@@H]2O1. The average Bonchev–Trinajstić information content (AvgIpc) is 3.37. The van der Waals surface area contributed by atoms with E-state index in [1.54, 1.807) is 0 Å². The Labute approximate surface area is 162 Å². The molecular formula is C20H20ClN3O3. The molecule has 27 heavy (non-hydrogen) atoms. The molecular weight excluding hydrogens is 366 g/mol. The number of halogens is 1. The zero-order valence-corrected chi connectivity index (χ0v) is 15.9. The lowest BCUT2D eigenvalue weighted by molar-refractivity contribution is -0.124. The molecule has 3 aliphatic heterocycles. The first-order valence-corrected chi connectivity index (χ1v) is 9.65. The highest BCUT2D eigenvalue weighted by atomic mass is 35.5. The maximum Gasteiger partial charge on any atom is 0.240 e. The highest BCUT2D eigenvalue weighted by Crippen LogP contribution is 2.50. The summed E-state index contributed by atoms with van der Waals surface area (Å²) in [6.07, 6.45) is 1.52. The molecule has 1 aromatic heterocycles. The second-order valence-corrected chi connectivity index (χ2v) is 8.09. The number of fused-ring (bicyclic) bond motifs is 5. The maximum atomic E-state index is 13.1. The van der Waals surface area contributed by atoms with Gasteiger partial charge in [-0.3, -0.25) is 14.3 Å². The normalized spacial score (nSPS) is 29.1. The van der Waals surface area contributed by atoms with Crippen molar-refractivity contribution in [3.05, 3.63) is 46.2 Å². The first-order chi connectivity index (χ1) is 13.0. The number of hydrogen-bond acceptors (Lipinski definition) is 4. The molecule has 5 rings (SSSR count). The summed E-state index contributed by atoms with van der Waals surface area (Å²) in [5.74, 6) is -0.909. The van der Waals surface area contributed by atoms with Gasteiger partial charge >= 0.3 is 0 Å². The van der Waals surface area contributed by atoms with Crippen molar-refractivity contribution in [2.24, 2.45) is 11.8 Å². The quantitative estimate of drug-likeness (QED) is 0.762. The smallest absolute Gasteiger partial charge is 0.240 e. The number of hydrogen-bond donors (Lipinski definition) is 0. The van der Waals surface area contributed by atoms with Gasteiger partial charge in [0.05, 0.1) is 47.7 Å². The molecule has 4 heterocycles. The summed E-state index contributed by atoms with van der Waals surface area (Å²) in [6, 6.07) is 7.58. The molecule has 0 aliphatic carbocycles. The zero-order valence-electron chi connectivity index (χ0n) is 15.2. The third kappa shape index (κ3) is 2.39. The standard InChI is InChI=1S/C20H20ClN3O3/c1-10-18(11(2)23(22-10)9-12-3-5-13(21)6-4-12)24-19(25)16-14-7-8-15(27-14)17(16)20(24)26/h3-6,14-17H,7-9H2,1-2H3/t14-,15+,16-,17-/m0/s1. The Morgan fingerprint density at radius 2 is 1.67 bits per heavy atom. The summed E-state index contributed by atoms with van der Waals surface area (Å²) in [5.41, 5.74) is 3.19. The Hall–Kier alpha value is -2.18. The van der Waals surface area contributed by atoms with Crippen LogP contribution in [-0.4, -0.2) is 33.8 Å². The molecule has 2 amide bonds. The largest absolute Gasteiger partial charge is 0.373 e. The van der Waals surface area contributed by atoms with E-state index in [1.807, 2.05) is 42.8 Å². The van der Waals surface area contributed by atoms with Gasteiger partial charge in [0.2, 0.25) is 11.8 Å². The van der Waals surface area contributed by atoms with Crippen LogP contribution >= 0.6 is 11.6 Å². The number of ether oxygens (including phenoxy) is 1. The predicted octanol–water partition coefficient (Wildman–Crippen LogP) is 2.87. The van der Waals surface area contributed by atoms with Crippen LogP contribution in [0.1, 0.15) is 29.8 Å². The van der Waals surface area contributed by atoms with Crippen LogP contribution < -0.4 is 4.90 Å². The lowest BCUT2D eigenvalue weighted by Gasteiger charge is -2.18. The van der Waals surface area contributed by atoms with Crippen molar-refractivity contribution in [1.29, 1.82) is 0 Å². The number of nitrogens with zero attached hydrogens (tertiary/aromatic N) is 3. The fourth-order valence-corrected chi connectivity index (χ4v) is 4.99. The molecule has 0 unspecified atom stereocenters. The number of rotatable bonds is 3. The molecule has 4 atom stereocenters. The first-order valence-electron chi connectivity index (χ1n) is 9.27. The molecule has 2 bridgehead atoms. The van der Waals surface area contributed by atoms with Crippen LogP contribution in [0.5, 0.6) is 0 Å². The lowest BCUT2D eigenvalue weighted by atomic mass is 9.81. The molecule has 7 heteroatoms. The van der Waals surface area contributed by atoms with Crippen LogP contribution in [0.3, 0.4) is 0 Å². The van der Waals surface area contributed by atoms with Crippen LogP contribution in [0.25, 0.3) is 0 Å². The molecule has 3 aliphatic rings. The zero-order chi connectivity index (χ0) is 18.9. The van der Waals surface area contributed by atoms with E-state index in [0.29, 0.717) is 22.9 Å². The Bertz CT molecular complexity index is 924. The monoisotopic (exact) mass is 385 g/mol. The first kappa shape index (κ1) is 17.0. The van der Waals surface area contributed by atoms with Gasteiger partial charge in [0.15, 0.2) is 0 Å². The van der Waals surface area contributed by atoms with Crippen LogP contribution in [-0.2, 0) is 20.9 Å². The van der Waals surface area contributed by atoms with Crippen molar-refractivity contribution in [3.63, 3.8) is 0 Å². The second-order valence-electron chi connectivity index (χ2n) is 7.66. The summed E-state index contributed by atoms with van der Waals surface area (Å²) >= 11 is 5.95. The fourth-order valence-electron chi connectivity index (χ4n) is 4.86. The van der Waals surface area contributed by atoms with Gasteiger partial charge in [0, 0.05) is 5.02 Å². The van der Waals surface area contributed by atoms with Gasteiger partial charge < -0.3 is 4.74 Å². The Morgan fingerprint density at radius 3 is 2.26 bits per heavy atom. The van der Waals surface area contributed by atoms with Gasteiger partial charge in [-0.1, -0.05) is 23.7 Å². The van der Waals surface area contributed by atoms with Gasteiger partial charge in [-0.15, -0.1) is 0 Å². The molecule has 0 spiro atoms. The maximum absolute atomic E-state index is 13.1. The van der Waals surface area contributed by atoms with Gasteiger partial charge in [-0.05, 0) is 44.4 Å². The highest BCUT2D eigenvalue weighted by Gasteiger charge is 2.63. The van der Waals surface area contributed by atoms with E-state index in [0.717, 1.165) is 24.1 Å². The Kier molecular flexibility index (Phi) is 3.71.